The summed E-state index contributed by atoms with van der Waals surface area (Å²) in [5.74, 6) is 0.574. The van der Waals surface area contributed by atoms with E-state index in [1.807, 2.05) is 42.5 Å². The van der Waals surface area contributed by atoms with E-state index in [1.165, 1.54) is 11.3 Å². The fraction of sp³-hybridized carbons (Fsp3) is 0.333. The molecule has 0 aliphatic carbocycles. The van der Waals surface area contributed by atoms with E-state index in [9.17, 15) is 4.79 Å². The molecule has 2 aromatic heterocycles. The maximum absolute atomic E-state index is 13.6. The van der Waals surface area contributed by atoms with Crippen LogP contribution in [0.25, 0.3) is 21.3 Å². The SMILES string of the molecule is COc1ccc2nc(N(CCCN3CCOCC3)C(=O)c3cnc4ccccc4n3)sc2c1. The van der Waals surface area contributed by atoms with Crippen LogP contribution in [-0.4, -0.2) is 72.3 Å². The van der Waals surface area contributed by atoms with Gasteiger partial charge in [0.25, 0.3) is 5.91 Å². The summed E-state index contributed by atoms with van der Waals surface area (Å²) in [6, 6.07) is 13.3. The van der Waals surface area contributed by atoms with Crippen molar-refractivity contribution in [3.8, 4) is 5.75 Å². The third kappa shape index (κ3) is 4.80. The van der Waals surface area contributed by atoms with E-state index in [2.05, 4.69) is 14.9 Å². The molecule has 170 valence electrons. The van der Waals surface area contributed by atoms with Gasteiger partial charge in [0.2, 0.25) is 0 Å². The molecular formula is C24H25N5O3S. The van der Waals surface area contributed by atoms with E-state index in [1.54, 1.807) is 18.2 Å². The molecule has 0 spiro atoms. The Balaban J connectivity index is 1.43. The highest BCUT2D eigenvalue weighted by molar-refractivity contribution is 7.22. The van der Waals surface area contributed by atoms with Crippen LogP contribution in [-0.2, 0) is 4.74 Å². The van der Waals surface area contributed by atoms with Crippen molar-refractivity contribution in [1.29, 1.82) is 0 Å². The van der Waals surface area contributed by atoms with Crippen LogP contribution in [0.3, 0.4) is 0 Å². The van der Waals surface area contributed by atoms with Crippen LogP contribution < -0.4 is 9.64 Å². The molecule has 1 aliphatic heterocycles. The van der Waals surface area contributed by atoms with E-state index < -0.39 is 0 Å². The Morgan fingerprint density at radius 3 is 2.76 bits per heavy atom. The molecule has 33 heavy (non-hydrogen) atoms. The van der Waals surface area contributed by atoms with Gasteiger partial charge in [0, 0.05) is 26.2 Å². The van der Waals surface area contributed by atoms with Gasteiger partial charge in [-0.25, -0.2) is 9.97 Å². The van der Waals surface area contributed by atoms with Gasteiger partial charge >= 0.3 is 0 Å². The zero-order chi connectivity index (χ0) is 22.6. The average Bonchev–Trinajstić information content (AvgIpc) is 3.29. The summed E-state index contributed by atoms with van der Waals surface area (Å²) in [5.41, 5.74) is 2.62. The Labute approximate surface area is 195 Å². The molecule has 0 atom stereocenters. The average molecular weight is 464 g/mol. The number of fused-ring (bicyclic) bond motifs is 2. The largest absolute Gasteiger partial charge is 0.497 e. The van der Waals surface area contributed by atoms with Crippen LogP contribution in [0.2, 0.25) is 0 Å². The minimum atomic E-state index is -0.193. The molecule has 0 saturated carbocycles. The van der Waals surface area contributed by atoms with Crippen molar-refractivity contribution in [2.45, 2.75) is 6.42 Å². The minimum absolute atomic E-state index is 0.193. The Hall–Kier alpha value is -3.14. The van der Waals surface area contributed by atoms with Crippen LogP contribution in [0.1, 0.15) is 16.9 Å². The van der Waals surface area contributed by atoms with E-state index >= 15 is 0 Å². The number of benzene rings is 2. The molecule has 3 heterocycles. The maximum Gasteiger partial charge on any atom is 0.280 e. The molecular weight excluding hydrogens is 438 g/mol. The van der Waals surface area contributed by atoms with Crippen LogP contribution in [0.15, 0.2) is 48.7 Å². The number of hydrogen-bond acceptors (Lipinski definition) is 8. The number of morpholine rings is 1. The quantitative estimate of drug-likeness (QED) is 0.414. The number of methoxy groups -OCH3 is 1. The lowest BCUT2D eigenvalue weighted by Crippen LogP contribution is -2.39. The molecule has 1 fully saturated rings. The lowest BCUT2D eigenvalue weighted by Gasteiger charge is -2.27. The summed E-state index contributed by atoms with van der Waals surface area (Å²) in [5, 5.41) is 0.653. The van der Waals surface area contributed by atoms with E-state index in [4.69, 9.17) is 14.5 Å². The van der Waals surface area contributed by atoms with Crippen molar-refractivity contribution in [2.75, 3.05) is 51.4 Å². The number of carbonyl (C=O) groups excluding carboxylic acids is 1. The third-order valence-corrected chi connectivity index (χ3v) is 6.73. The highest BCUT2D eigenvalue weighted by Gasteiger charge is 2.23. The second kappa shape index (κ2) is 9.78. The van der Waals surface area contributed by atoms with Crippen LogP contribution >= 0.6 is 11.3 Å². The molecule has 0 N–H and O–H groups in total. The number of nitrogens with zero attached hydrogens (tertiary/aromatic N) is 5. The van der Waals surface area contributed by atoms with Crippen molar-refractivity contribution in [1.82, 2.24) is 19.9 Å². The molecule has 9 heteroatoms. The zero-order valence-corrected chi connectivity index (χ0v) is 19.3. The summed E-state index contributed by atoms with van der Waals surface area (Å²) < 4.78 is 11.8. The monoisotopic (exact) mass is 463 g/mol. The number of rotatable bonds is 7. The number of anilines is 1. The summed E-state index contributed by atoms with van der Waals surface area (Å²) in [7, 11) is 1.64. The smallest absolute Gasteiger partial charge is 0.280 e. The highest BCUT2D eigenvalue weighted by atomic mass is 32.1. The van der Waals surface area contributed by atoms with Crippen LogP contribution in [0, 0.1) is 0 Å². The summed E-state index contributed by atoms with van der Waals surface area (Å²) in [4.78, 5) is 31.5. The van der Waals surface area contributed by atoms with Gasteiger partial charge in [-0.1, -0.05) is 23.5 Å². The van der Waals surface area contributed by atoms with E-state index in [0.29, 0.717) is 22.9 Å². The Kier molecular flexibility index (Phi) is 6.43. The van der Waals surface area contributed by atoms with Gasteiger partial charge in [0.05, 0.1) is 47.8 Å². The fourth-order valence-electron chi connectivity index (χ4n) is 3.89. The van der Waals surface area contributed by atoms with Gasteiger partial charge in [0.15, 0.2) is 5.13 Å². The highest BCUT2D eigenvalue weighted by Crippen LogP contribution is 2.32. The van der Waals surface area contributed by atoms with Crippen molar-refractivity contribution in [3.63, 3.8) is 0 Å². The molecule has 0 bridgehead atoms. The molecule has 2 aromatic carbocycles. The van der Waals surface area contributed by atoms with Crippen molar-refractivity contribution < 1.29 is 14.3 Å². The Morgan fingerprint density at radius 1 is 1.12 bits per heavy atom. The number of carbonyl (C=O) groups is 1. The van der Waals surface area contributed by atoms with Gasteiger partial charge in [-0.2, -0.15) is 0 Å². The number of thiazole rings is 1. The second-order valence-corrected chi connectivity index (χ2v) is 8.85. The molecule has 4 aromatic rings. The number of aromatic nitrogens is 3. The van der Waals surface area contributed by atoms with E-state index in [0.717, 1.165) is 60.8 Å². The molecule has 1 amide bonds. The molecule has 1 aliphatic rings. The van der Waals surface area contributed by atoms with E-state index in [-0.39, 0.29) is 5.91 Å². The lowest BCUT2D eigenvalue weighted by molar-refractivity contribution is 0.0376. The molecule has 0 radical (unpaired) electrons. The number of hydrogen-bond donors (Lipinski definition) is 0. The van der Waals surface area contributed by atoms with Crippen molar-refractivity contribution in [2.24, 2.45) is 0 Å². The molecule has 1 saturated heterocycles. The normalized spacial score (nSPS) is 14.6. The van der Waals surface area contributed by atoms with Gasteiger partial charge < -0.3 is 9.47 Å². The Morgan fingerprint density at radius 2 is 1.94 bits per heavy atom. The summed E-state index contributed by atoms with van der Waals surface area (Å²) in [6.07, 6.45) is 2.38. The van der Waals surface area contributed by atoms with Crippen LogP contribution in [0.5, 0.6) is 5.75 Å². The number of amides is 1. The standard InChI is InChI=1S/C24H25N5O3S/c1-31-17-7-8-20-22(15-17)33-24(27-20)29(10-4-9-28-11-13-32-14-12-28)23(30)21-16-25-18-5-2-3-6-19(18)26-21/h2-3,5-8,15-16H,4,9-14H2,1H3. The van der Waals surface area contributed by atoms with Gasteiger partial charge in [-0.05, 0) is 36.8 Å². The molecule has 8 nitrogen and oxygen atoms in total. The topological polar surface area (TPSA) is 80.7 Å². The summed E-state index contributed by atoms with van der Waals surface area (Å²) in [6.45, 7) is 4.80. The molecule has 5 rings (SSSR count). The first-order valence-electron chi connectivity index (χ1n) is 11.0. The second-order valence-electron chi connectivity index (χ2n) is 7.84. The van der Waals surface area contributed by atoms with Crippen molar-refractivity contribution >= 4 is 43.6 Å². The maximum atomic E-state index is 13.6. The predicted octanol–water partition coefficient (Wildman–Crippen LogP) is 3.62. The first kappa shape index (κ1) is 21.7. The predicted molar refractivity (Wildman–Crippen MR) is 129 cm³/mol. The first-order chi connectivity index (χ1) is 16.2. The van der Waals surface area contributed by atoms with Gasteiger partial charge in [0.1, 0.15) is 11.4 Å². The molecule has 0 unspecified atom stereocenters. The fourth-order valence-corrected chi connectivity index (χ4v) is 4.91. The third-order valence-electron chi connectivity index (χ3n) is 5.69. The first-order valence-corrected chi connectivity index (χ1v) is 11.8. The van der Waals surface area contributed by atoms with Crippen molar-refractivity contribution in [3.05, 3.63) is 54.4 Å². The minimum Gasteiger partial charge on any atom is -0.497 e. The number of para-hydroxylation sites is 2. The van der Waals surface area contributed by atoms with Crippen LogP contribution in [0.4, 0.5) is 5.13 Å². The lowest BCUT2D eigenvalue weighted by atomic mass is 10.2. The zero-order valence-electron chi connectivity index (χ0n) is 18.4. The Bertz CT molecular complexity index is 1270. The summed E-state index contributed by atoms with van der Waals surface area (Å²) >= 11 is 1.48. The van der Waals surface area contributed by atoms with Gasteiger partial charge in [-0.15, -0.1) is 0 Å². The van der Waals surface area contributed by atoms with Gasteiger partial charge in [-0.3, -0.25) is 19.6 Å². The number of ether oxygens (including phenoxy) is 2.